The molecule has 0 heterocycles. The van der Waals surface area contributed by atoms with Crippen molar-refractivity contribution in [2.45, 2.75) is 50.3 Å². The molecule has 0 saturated heterocycles. The first-order chi connectivity index (χ1) is 13.8. The van der Waals surface area contributed by atoms with E-state index in [2.05, 4.69) is 43.4 Å². The second-order valence-electron chi connectivity index (χ2n) is 7.59. The van der Waals surface area contributed by atoms with E-state index >= 15 is 0 Å². The number of amides is 1. The number of carbonyl (C=O) groups excluding carboxylic acids is 1. The molecule has 0 aromatic heterocycles. The number of hydrogen-bond acceptors (Lipinski definition) is 3. The lowest BCUT2D eigenvalue weighted by Gasteiger charge is -2.17. The van der Waals surface area contributed by atoms with Gasteiger partial charge in [0.25, 0.3) is 0 Å². The summed E-state index contributed by atoms with van der Waals surface area (Å²) >= 11 is 0. The highest BCUT2D eigenvalue weighted by molar-refractivity contribution is 7.89. The monoisotopic (exact) mass is 416 g/mol. The minimum absolute atomic E-state index is 0.0364. The zero-order valence-corrected chi connectivity index (χ0v) is 18.4. The Bertz CT molecular complexity index is 863. The van der Waals surface area contributed by atoms with Crippen LogP contribution in [0.25, 0.3) is 0 Å². The third kappa shape index (κ3) is 7.29. The second kappa shape index (κ2) is 11.1. The third-order valence-electron chi connectivity index (χ3n) is 4.94. The third-order valence-corrected chi connectivity index (χ3v) is 6.81. The van der Waals surface area contributed by atoms with Gasteiger partial charge < -0.3 is 5.32 Å². The van der Waals surface area contributed by atoms with Gasteiger partial charge in [-0.05, 0) is 48.4 Å². The number of benzene rings is 2. The number of aryl methyl sites for hydroxylation is 1. The van der Waals surface area contributed by atoms with E-state index in [4.69, 9.17) is 0 Å². The molecule has 0 aliphatic rings. The molecule has 1 amide bonds. The van der Waals surface area contributed by atoms with Crippen LogP contribution in [0.3, 0.4) is 0 Å². The Morgan fingerprint density at radius 3 is 2.28 bits per heavy atom. The van der Waals surface area contributed by atoms with E-state index in [-0.39, 0.29) is 10.8 Å². The Labute approximate surface area is 175 Å². The lowest BCUT2D eigenvalue weighted by Crippen LogP contribution is -2.30. The van der Waals surface area contributed by atoms with Gasteiger partial charge in [0.15, 0.2) is 0 Å². The SMILES string of the molecule is CC(C)c1ccc(CCCNC(=O)CCCN(C)S(=O)(=O)c2ccccc2)cc1. The largest absolute Gasteiger partial charge is 0.356 e. The van der Waals surface area contributed by atoms with Gasteiger partial charge in [-0.15, -0.1) is 0 Å². The number of sulfonamides is 1. The summed E-state index contributed by atoms with van der Waals surface area (Å²) in [7, 11) is -1.95. The van der Waals surface area contributed by atoms with Gasteiger partial charge in [0.05, 0.1) is 4.90 Å². The lowest BCUT2D eigenvalue weighted by molar-refractivity contribution is -0.121. The van der Waals surface area contributed by atoms with Gasteiger partial charge in [-0.25, -0.2) is 12.7 Å². The molecule has 0 radical (unpaired) electrons. The van der Waals surface area contributed by atoms with Crippen molar-refractivity contribution in [3.05, 3.63) is 65.7 Å². The summed E-state index contributed by atoms with van der Waals surface area (Å²) in [6.45, 7) is 5.30. The fourth-order valence-corrected chi connectivity index (χ4v) is 4.26. The van der Waals surface area contributed by atoms with Crippen molar-refractivity contribution in [1.29, 1.82) is 0 Å². The molecule has 0 unspecified atom stereocenters. The zero-order chi connectivity index (χ0) is 21.3. The Morgan fingerprint density at radius 1 is 1.00 bits per heavy atom. The molecule has 0 bridgehead atoms. The summed E-state index contributed by atoms with van der Waals surface area (Å²) in [6.07, 6.45) is 2.62. The van der Waals surface area contributed by atoms with Gasteiger partial charge in [-0.1, -0.05) is 56.3 Å². The molecule has 0 saturated carbocycles. The molecular formula is C23H32N2O3S. The molecule has 0 atom stereocenters. The highest BCUT2D eigenvalue weighted by Gasteiger charge is 2.19. The first-order valence-electron chi connectivity index (χ1n) is 10.2. The van der Waals surface area contributed by atoms with Crippen LogP contribution in [-0.4, -0.2) is 38.8 Å². The Morgan fingerprint density at radius 2 is 1.66 bits per heavy atom. The minimum Gasteiger partial charge on any atom is -0.356 e. The fourth-order valence-electron chi connectivity index (χ4n) is 3.03. The normalized spacial score (nSPS) is 11.8. The predicted octanol–water partition coefficient (Wildman–Crippen LogP) is 3.96. The number of rotatable bonds is 11. The van der Waals surface area contributed by atoms with Crippen LogP contribution in [0.1, 0.15) is 50.2 Å². The van der Waals surface area contributed by atoms with Crippen LogP contribution in [0, 0.1) is 0 Å². The van der Waals surface area contributed by atoms with E-state index in [1.165, 1.54) is 15.4 Å². The minimum atomic E-state index is -3.50. The van der Waals surface area contributed by atoms with E-state index in [1.807, 2.05) is 0 Å². The molecule has 0 aliphatic carbocycles. The van der Waals surface area contributed by atoms with Gasteiger partial charge in [-0.2, -0.15) is 0 Å². The van der Waals surface area contributed by atoms with Crippen molar-refractivity contribution in [2.24, 2.45) is 0 Å². The van der Waals surface area contributed by atoms with Crippen LogP contribution in [0.4, 0.5) is 0 Å². The molecule has 6 heteroatoms. The van der Waals surface area contributed by atoms with Crippen LogP contribution >= 0.6 is 0 Å². The van der Waals surface area contributed by atoms with Crippen molar-refractivity contribution >= 4 is 15.9 Å². The van der Waals surface area contributed by atoms with Gasteiger partial charge >= 0.3 is 0 Å². The van der Waals surface area contributed by atoms with Crippen molar-refractivity contribution in [3.8, 4) is 0 Å². The summed E-state index contributed by atoms with van der Waals surface area (Å²) in [4.78, 5) is 12.3. The average molecular weight is 417 g/mol. The summed E-state index contributed by atoms with van der Waals surface area (Å²) in [6, 6.07) is 17.0. The molecule has 2 aromatic carbocycles. The van der Waals surface area contributed by atoms with Crippen molar-refractivity contribution in [2.75, 3.05) is 20.1 Å². The van der Waals surface area contributed by atoms with Crippen molar-refractivity contribution in [3.63, 3.8) is 0 Å². The van der Waals surface area contributed by atoms with Crippen LogP contribution in [0.5, 0.6) is 0 Å². The summed E-state index contributed by atoms with van der Waals surface area (Å²) in [5.41, 5.74) is 2.61. The maximum atomic E-state index is 12.4. The molecule has 2 aromatic rings. The second-order valence-corrected chi connectivity index (χ2v) is 9.64. The van der Waals surface area contributed by atoms with Crippen LogP contribution < -0.4 is 5.32 Å². The van der Waals surface area contributed by atoms with E-state index < -0.39 is 10.0 Å². The topological polar surface area (TPSA) is 66.5 Å². The molecular weight excluding hydrogens is 384 g/mol. The number of hydrogen-bond donors (Lipinski definition) is 1. The predicted molar refractivity (Wildman–Crippen MR) is 117 cm³/mol. The van der Waals surface area contributed by atoms with Crippen molar-refractivity contribution < 1.29 is 13.2 Å². The molecule has 158 valence electrons. The number of nitrogens with one attached hydrogen (secondary N) is 1. The molecule has 1 N–H and O–H groups in total. The van der Waals surface area contributed by atoms with Gasteiger partial charge in [0.2, 0.25) is 15.9 Å². The molecule has 2 rings (SSSR count). The summed E-state index contributed by atoms with van der Waals surface area (Å²) < 4.78 is 26.2. The van der Waals surface area contributed by atoms with E-state index in [0.29, 0.717) is 31.8 Å². The van der Waals surface area contributed by atoms with Gasteiger partial charge in [0, 0.05) is 26.6 Å². The Hall–Kier alpha value is -2.18. The van der Waals surface area contributed by atoms with Gasteiger partial charge in [0.1, 0.15) is 0 Å². The molecule has 29 heavy (non-hydrogen) atoms. The maximum absolute atomic E-state index is 12.4. The Balaban J connectivity index is 1.64. The van der Waals surface area contributed by atoms with E-state index in [9.17, 15) is 13.2 Å². The molecule has 0 spiro atoms. The Kier molecular flexibility index (Phi) is 8.86. The molecule has 0 fully saturated rings. The smallest absolute Gasteiger partial charge is 0.242 e. The van der Waals surface area contributed by atoms with Crippen LogP contribution in [0.15, 0.2) is 59.5 Å². The zero-order valence-electron chi connectivity index (χ0n) is 17.6. The lowest BCUT2D eigenvalue weighted by atomic mass is 10.0. The highest BCUT2D eigenvalue weighted by Crippen LogP contribution is 2.16. The quantitative estimate of drug-likeness (QED) is 0.564. The summed E-state index contributed by atoms with van der Waals surface area (Å²) in [5.74, 6) is 0.496. The highest BCUT2D eigenvalue weighted by atomic mass is 32.2. The van der Waals surface area contributed by atoms with Crippen LogP contribution in [-0.2, 0) is 21.2 Å². The first kappa shape index (κ1) is 23.1. The standard InChI is InChI=1S/C23H32N2O3S/c1-19(2)21-15-13-20(14-16-21)9-7-17-24-23(26)12-8-18-25(3)29(27,28)22-10-5-4-6-11-22/h4-6,10-11,13-16,19H,7-9,12,17-18H2,1-3H3,(H,24,26). The van der Waals surface area contributed by atoms with E-state index in [1.54, 1.807) is 37.4 Å². The van der Waals surface area contributed by atoms with Crippen molar-refractivity contribution in [1.82, 2.24) is 9.62 Å². The summed E-state index contributed by atoms with van der Waals surface area (Å²) in [5, 5.41) is 2.92. The first-order valence-corrected chi connectivity index (χ1v) is 11.6. The maximum Gasteiger partial charge on any atom is 0.242 e. The fraction of sp³-hybridized carbons (Fsp3) is 0.435. The van der Waals surface area contributed by atoms with Gasteiger partial charge in [-0.3, -0.25) is 4.79 Å². The number of nitrogens with zero attached hydrogens (tertiary/aromatic N) is 1. The number of carbonyl (C=O) groups is 1. The molecule has 5 nitrogen and oxygen atoms in total. The molecule has 0 aliphatic heterocycles. The average Bonchev–Trinajstić information content (AvgIpc) is 2.72. The van der Waals surface area contributed by atoms with Crippen LogP contribution in [0.2, 0.25) is 0 Å². The van der Waals surface area contributed by atoms with E-state index in [0.717, 1.165) is 12.8 Å².